The van der Waals surface area contributed by atoms with Gasteiger partial charge in [0.05, 0.1) is 25.1 Å². The predicted molar refractivity (Wildman–Crippen MR) is 195 cm³/mol. The number of nitrogens with zero attached hydrogens (tertiary/aromatic N) is 1. The van der Waals surface area contributed by atoms with Gasteiger partial charge < -0.3 is 19.5 Å². The lowest BCUT2D eigenvalue weighted by Crippen LogP contribution is -2.29. The van der Waals surface area contributed by atoms with Crippen molar-refractivity contribution in [1.82, 2.24) is 4.90 Å². The molecular weight excluding hydrogens is 558 g/mol. The Hall–Kier alpha value is -1.07. The molecule has 1 unspecified atom stereocenters. The molecule has 0 spiro atoms. The van der Waals surface area contributed by atoms with Gasteiger partial charge >= 0.3 is 5.97 Å². The largest absolute Gasteiger partial charge is 0.495 e. The number of ether oxygens (including phenoxy) is 2. The molecule has 0 aliphatic carbocycles. The first-order valence-electron chi connectivity index (χ1n) is 19.9. The van der Waals surface area contributed by atoms with E-state index in [-0.39, 0.29) is 12.6 Å². The van der Waals surface area contributed by atoms with Crippen LogP contribution in [0.5, 0.6) is 0 Å². The van der Waals surface area contributed by atoms with E-state index in [4.69, 9.17) is 9.47 Å². The van der Waals surface area contributed by atoms with Crippen LogP contribution in [0.4, 0.5) is 0 Å². The fraction of sp³-hybridized carbons (Fsp3) is 0.925. The highest BCUT2D eigenvalue weighted by Gasteiger charge is 2.10. The highest BCUT2D eigenvalue weighted by molar-refractivity contribution is 5.69. The summed E-state index contributed by atoms with van der Waals surface area (Å²) in [4.78, 5) is 14.4. The molecular formula is C40H79NO4. The van der Waals surface area contributed by atoms with Crippen LogP contribution in [0.1, 0.15) is 201 Å². The second-order valence-corrected chi connectivity index (χ2v) is 13.6. The van der Waals surface area contributed by atoms with Crippen molar-refractivity contribution in [2.75, 3.05) is 32.8 Å². The molecule has 0 bridgehead atoms. The molecule has 0 fully saturated rings. The van der Waals surface area contributed by atoms with Crippen LogP contribution in [-0.4, -0.2) is 54.9 Å². The van der Waals surface area contributed by atoms with E-state index in [1.165, 1.54) is 141 Å². The van der Waals surface area contributed by atoms with Crippen LogP contribution in [0, 0.1) is 0 Å². The first-order chi connectivity index (χ1) is 22.1. The van der Waals surface area contributed by atoms with Crippen molar-refractivity contribution in [2.24, 2.45) is 0 Å². The average molecular weight is 638 g/mol. The molecule has 0 rings (SSSR count). The molecule has 0 saturated heterocycles. The number of carbonyl (C=O) groups excluding carboxylic acids is 1. The number of hydrogen-bond donors (Lipinski definition) is 1. The van der Waals surface area contributed by atoms with E-state index < -0.39 is 0 Å². The molecule has 1 atom stereocenters. The topological polar surface area (TPSA) is 59.0 Å². The number of carbonyl (C=O) groups is 1. The average Bonchev–Trinajstić information content (AvgIpc) is 3.03. The van der Waals surface area contributed by atoms with Crippen LogP contribution < -0.4 is 0 Å². The zero-order valence-electron chi connectivity index (χ0n) is 30.7. The second-order valence-electron chi connectivity index (χ2n) is 13.6. The molecule has 0 radical (unpaired) electrons. The smallest absolute Gasteiger partial charge is 0.305 e. The maximum atomic E-state index is 11.9. The van der Waals surface area contributed by atoms with Crippen molar-refractivity contribution in [3.63, 3.8) is 0 Å². The van der Waals surface area contributed by atoms with Gasteiger partial charge in [0.25, 0.3) is 0 Å². The molecule has 0 aliphatic rings. The van der Waals surface area contributed by atoms with E-state index in [1.807, 2.05) is 0 Å². The van der Waals surface area contributed by atoms with E-state index >= 15 is 0 Å². The Morgan fingerprint density at radius 2 is 1.07 bits per heavy atom. The van der Waals surface area contributed by atoms with Gasteiger partial charge in [-0.3, -0.25) is 4.79 Å². The van der Waals surface area contributed by atoms with Crippen LogP contribution in [0.15, 0.2) is 12.3 Å². The number of aliphatic hydroxyl groups excluding tert-OH is 1. The van der Waals surface area contributed by atoms with Gasteiger partial charge in [0.15, 0.2) is 0 Å². The summed E-state index contributed by atoms with van der Waals surface area (Å²) in [5, 5.41) is 9.50. The molecule has 5 heteroatoms. The summed E-state index contributed by atoms with van der Waals surface area (Å²) < 4.78 is 11.7. The number of hydrogen-bond acceptors (Lipinski definition) is 5. The molecule has 0 aromatic rings. The van der Waals surface area contributed by atoms with E-state index in [1.54, 1.807) is 0 Å². The van der Waals surface area contributed by atoms with Crippen LogP contribution in [-0.2, 0) is 14.3 Å². The minimum absolute atomic E-state index is 0.0206. The summed E-state index contributed by atoms with van der Waals surface area (Å²) in [6.45, 7) is 14.8. The molecule has 1 N–H and O–H groups in total. The Labute approximate surface area is 281 Å². The molecule has 0 heterocycles. The first kappa shape index (κ1) is 43.9. The highest BCUT2D eigenvalue weighted by atomic mass is 16.5. The van der Waals surface area contributed by atoms with Gasteiger partial charge in [0.2, 0.25) is 0 Å². The van der Waals surface area contributed by atoms with Crippen LogP contribution in [0.3, 0.4) is 0 Å². The number of esters is 1. The zero-order valence-corrected chi connectivity index (χ0v) is 30.7. The molecule has 0 aromatic heterocycles. The lowest BCUT2D eigenvalue weighted by molar-refractivity contribution is -0.143. The molecule has 0 saturated carbocycles. The molecule has 0 amide bonds. The van der Waals surface area contributed by atoms with Crippen molar-refractivity contribution < 1.29 is 19.4 Å². The van der Waals surface area contributed by atoms with Crippen LogP contribution in [0.2, 0.25) is 0 Å². The molecule has 45 heavy (non-hydrogen) atoms. The third-order valence-corrected chi connectivity index (χ3v) is 9.04. The normalized spacial score (nSPS) is 12.1. The summed E-state index contributed by atoms with van der Waals surface area (Å²) in [6.07, 6.45) is 33.9. The number of allylic oxidation sites excluding steroid dienone is 1. The van der Waals surface area contributed by atoms with Crippen molar-refractivity contribution in [2.45, 2.75) is 207 Å². The SMILES string of the molecule is C=C(CCCCCCCN(CCO)CCCCCCCC(=O)OCCCCCCCCC)OC(CCC)CCCCCCCC. The third kappa shape index (κ3) is 32.7. The monoisotopic (exact) mass is 638 g/mol. The summed E-state index contributed by atoms with van der Waals surface area (Å²) >= 11 is 0. The van der Waals surface area contributed by atoms with Gasteiger partial charge in [-0.25, -0.2) is 0 Å². The van der Waals surface area contributed by atoms with Gasteiger partial charge in [0.1, 0.15) is 0 Å². The van der Waals surface area contributed by atoms with Crippen molar-refractivity contribution >= 4 is 5.97 Å². The molecule has 0 aliphatic heterocycles. The Morgan fingerprint density at radius 3 is 1.62 bits per heavy atom. The van der Waals surface area contributed by atoms with Crippen LogP contribution >= 0.6 is 0 Å². The minimum Gasteiger partial charge on any atom is -0.495 e. The number of rotatable bonds is 37. The maximum Gasteiger partial charge on any atom is 0.305 e. The van der Waals surface area contributed by atoms with E-state index in [0.29, 0.717) is 19.1 Å². The minimum atomic E-state index is -0.0206. The lowest BCUT2D eigenvalue weighted by Gasteiger charge is -2.21. The summed E-state index contributed by atoms with van der Waals surface area (Å²) in [5.41, 5.74) is 0. The molecule has 5 nitrogen and oxygen atoms in total. The van der Waals surface area contributed by atoms with E-state index in [0.717, 1.165) is 57.5 Å². The third-order valence-electron chi connectivity index (χ3n) is 9.04. The summed E-state index contributed by atoms with van der Waals surface area (Å²) in [6, 6.07) is 0. The number of aliphatic hydroxyl groups is 1. The second kappa shape index (κ2) is 35.8. The quantitative estimate of drug-likeness (QED) is 0.0417. The van der Waals surface area contributed by atoms with Gasteiger partial charge in [-0.15, -0.1) is 0 Å². The van der Waals surface area contributed by atoms with Gasteiger partial charge in [-0.1, -0.05) is 143 Å². The Morgan fingerprint density at radius 1 is 0.578 bits per heavy atom. The van der Waals surface area contributed by atoms with Gasteiger partial charge in [-0.05, 0) is 64.5 Å². The van der Waals surface area contributed by atoms with Crippen molar-refractivity contribution in [3.8, 4) is 0 Å². The fourth-order valence-electron chi connectivity index (χ4n) is 6.15. The highest BCUT2D eigenvalue weighted by Crippen LogP contribution is 2.19. The van der Waals surface area contributed by atoms with Crippen molar-refractivity contribution in [3.05, 3.63) is 12.3 Å². The predicted octanol–water partition coefficient (Wildman–Crippen LogP) is 11.7. The van der Waals surface area contributed by atoms with Crippen molar-refractivity contribution in [1.29, 1.82) is 0 Å². The first-order valence-corrected chi connectivity index (χ1v) is 19.9. The summed E-state index contributed by atoms with van der Waals surface area (Å²) in [5.74, 6) is 0.972. The standard InChI is InChI=1S/C40H79NO4/c1-5-8-10-12-14-22-28-37-44-40(43)32-25-19-16-21-27-34-41(35-36-42)33-26-20-15-17-23-30-38(4)45-39(29-7-3)31-24-18-13-11-9-6-2/h39,42H,4-37H2,1-3H3. The Bertz CT molecular complexity index is 625. The zero-order chi connectivity index (χ0) is 33.1. The molecule has 268 valence electrons. The maximum absolute atomic E-state index is 11.9. The van der Waals surface area contributed by atoms with Gasteiger partial charge in [-0.2, -0.15) is 0 Å². The van der Waals surface area contributed by atoms with Gasteiger partial charge in [0, 0.05) is 19.4 Å². The Kier molecular flexibility index (Phi) is 34.9. The van der Waals surface area contributed by atoms with E-state index in [2.05, 4.69) is 32.3 Å². The fourth-order valence-corrected chi connectivity index (χ4v) is 6.15. The Balaban J connectivity index is 3.74. The lowest BCUT2D eigenvalue weighted by atomic mass is 10.0. The number of unbranched alkanes of at least 4 members (excludes halogenated alkanes) is 19. The molecule has 0 aromatic carbocycles. The van der Waals surface area contributed by atoms with Crippen LogP contribution in [0.25, 0.3) is 0 Å². The summed E-state index contributed by atoms with van der Waals surface area (Å²) in [7, 11) is 0. The van der Waals surface area contributed by atoms with E-state index in [9.17, 15) is 9.90 Å².